The van der Waals surface area contributed by atoms with Gasteiger partial charge in [0.1, 0.15) is 24.1 Å². The molecular formula is C26H43N3O7. The van der Waals surface area contributed by atoms with Crippen LogP contribution in [0.3, 0.4) is 0 Å². The summed E-state index contributed by atoms with van der Waals surface area (Å²) in [6.07, 6.45) is -0.889. The average molecular weight is 510 g/mol. The molecular weight excluding hydrogens is 466 g/mol. The number of benzene rings is 1. The number of piperidine rings is 1. The molecule has 0 aromatic heterocycles. The van der Waals surface area contributed by atoms with Gasteiger partial charge in [0.15, 0.2) is 0 Å². The Labute approximate surface area is 213 Å². The van der Waals surface area contributed by atoms with E-state index in [1.54, 1.807) is 4.90 Å². The molecule has 0 unspecified atom stereocenters. The first-order chi connectivity index (χ1) is 17.4. The van der Waals surface area contributed by atoms with Crippen molar-refractivity contribution in [1.29, 1.82) is 0 Å². The Hall–Kier alpha value is -1.79. The highest BCUT2D eigenvalue weighted by Crippen LogP contribution is 2.20. The van der Waals surface area contributed by atoms with Crippen molar-refractivity contribution in [3.63, 3.8) is 0 Å². The van der Waals surface area contributed by atoms with Gasteiger partial charge in [0.2, 0.25) is 5.91 Å². The summed E-state index contributed by atoms with van der Waals surface area (Å²) in [5.41, 5.74) is 0.948. The number of hydrogen-bond acceptors (Lipinski definition) is 9. The summed E-state index contributed by atoms with van der Waals surface area (Å²) in [6, 6.07) is 7.72. The number of rotatable bonds is 15. The maximum atomic E-state index is 12.5. The highest BCUT2D eigenvalue weighted by atomic mass is 16.5. The van der Waals surface area contributed by atoms with Crippen molar-refractivity contribution in [2.24, 2.45) is 11.8 Å². The van der Waals surface area contributed by atoms with Crippen molar-refractivity contribution in [2.45, 2.75) is 56.5 Å². The van der Waals surface area contributed by atoms with Crippen LogP contribution in [0.15, 0.2) is 24.3 Å². The number of carbonyl (C=O) groups excluding carboxylic acids is 1. The van der Waals surface area contributed by atoms with Crippen molar-refractivity contribution in [3.05, 3.63) is 29.8 Å². The van der Waals surface area contributed by atoms with Crippen LogP contribution in [0.25, 0.3) is 0 Å². The molecule has 204 valence electrons. The molecule has 2 heterocycles. The molecule has 2 aliphatic rings. The van der Waals surface area contributed by atoms with Gasteiger partial charge < -0.3 is 45.8 Å². The summed E-state index contributed by atoms with van der Waals surface area (Å²) < 4.78 is 5.86. The third-order valence-electron chi connectivity index (χ3n) is 7.18. The van der Waals surface area contributed by atoms with E-state index >= 15 is 0 Å². The molecule has 0 spiro atoms. The van der Waals surface area contributed by atoms with E-state index in [0.29, 0.717) is 32.7 Å². The van der Waals surface area contributed by atoms with E-state index in [4.69, 9.17) is 9.84 Å². The molecule has 0 bridgehead atoms. The summed E-state index contributed by atoms with van der Waals surface area (Å²) >= 11 is 0. The van der Waals surface area contributed by atoms with Crippen LogP contribution in [-0.4, -0.2) is 113 Å². The Bertz CT molecular complexity index is 769. The lowest BCUT2D eigenvalue weighted by molar-refractivity contribution is -0.136. The van der Waals surface area contributed by atoms with Gasteiger partial charge in [0.05, 0.1) is 25.7 Å². The molecule has 10 heteroatoms. The van der Waals surface area contributed by atoms with Gasteiger partial charge in [-0.2, -0.15) is 0 Å². The molecule has 7 N–H and O–H groups in total. The number of amides is 1. The van der Waals surface area contributed by atoms with Crippen LogP contribution in [0.5, 0.6) is 5.75 Å². The molecule has 10 nitrogen and oxygen atoms in total. The maximum absolute atomic E-state index is 12.5. The second-order valence-electron chi connectivity index (χ2n) is 10.1. The van der Waals surface area contributed by atoms with E-state index in [1.165, 1.54) is 19.3 Å². The largest absolute Gasteiger partial charge is 0.494 e. The number of likely N-dealkylation sites (tertiary alicyclic amines) is 1. The van der Waals surface area contributed by atoms with Crippen LogP contribution in [-0.2, 0) is 11.2 Å². The predicted molar refractivity (Wildman–Crippen MR) is 135 cm³/mol. The van der Waals surface area contributed by atoms with E-state index in [2.05, 4.69) is 10.6 Å². The summed E-state index contributed by atoms with van der Waals surface area (Å²) in [5, 5.41) is 54.0. The number of ether oxygens (including phenoxy) is 1. The molecule has 4 atom stereocenters. The van der Waals surface area contributed by atoms with Crippen molar-refractivity contribution in [2.75, 3.05) is 52.5 Å². The molecule has 1 amide bonds. The third kappa shape index (κ3) is 8.95. The Morgan fingerprint density at radius 2 is 1.69 bits per heavy atom. The topological polar surface area (TPSA) is 155 Å². The zero-order valence-electron chi connectivity index (χ0n) is 21.0. The number of aliphatic hydroxyl groups excluding tert-OH is 5. The van der Waals surface area contributed by atoms with Crippen LogP contribution in [0.1, 0.15) is 31.2 Å². The zero-order valence-corrected chi connectivity index (χ0v) is 21.0. The van der Waals surface area contributed by atoms with E-state index < -0.39 is 31.0 Å². The minimum atomic E-state index is -1.63. The number of nitrogens with one attached hydrogen (secondary N) is 2. The predicted octanol–water partition coefficient (Wildman–Crippen LogP) is -1.13. The smallest absolute Gasteiger partial charge is 0.227 e. The molecule has 36 heavy (non-hydrogen) atoms. The van der Waals surface area contributed by atoms with Crippen LogP contribution in [0.2, 0.25) is 0 Å². The SMILES string of the molecule is O=C(Cc1ccc(OCCCC2CCNCC2)cc1)N1CC(CNC[C@H](O)[C@@H](O)[C@H](O)[C@H](O)CO)C1. The van der Waals surface area contributed by atoms with E-state index in [9.17, 15) is 25.2 Å². The molecule has 0 radical (unpaired) electrons. The minimum absolute atomic E-state index is 0.0211. The lowest BCUT2D eigenvalue weighted by atomic mass is 9.93. The summed E-state index contributed by atoms with van der Waals surface area (Å²) in [4.78, 5) is 14.3. The first-order valence-corrected chi connectivity index (χ1v) is 13.1. The zero-order chi connectivity index (χ0) is 25.9. The minimum Gasteiger partial charge on any atom is -0.494 e. The monoisotopic (exact) mass is 509 g/mol. The first kappa shape index (κ1) is 28.8. The fourth-order valence-electron chi connectivity index (χ4n) is 4.74. The van der Waals surface area contributed by atoms with Crippen LogP contribution >= 0.6 is 0 Å². The summed E-state index contributed by atoms with van der Waals surface area (Å²) in [7, 11) is 0. The van der Waals surface area contributed by atoms with Gasteiger partial charge in [0.25, 0.3) is 0 Å². The van der Waals surface area contributed by atoms with Crippen molar-refractivity contribution in [1.82, 2.24) is 15.5 Å². The first-order valence-electron chi connectivity index (χ1n) is 13.1. The highest BCUT2D eigenvalue weighted by Gasteiger charge is 2.32. The Kier molecular flexibility index (Phi) is 11.8. The second kappa shape index (κ2) is 14.8. The van der Waals surface area contributed by atoms with Gasteiger partial charge in [-0.05, 0) is 62.4 Å². The Morgan fingerprint density at radius 1 is 1.03 bits per heavy atom. The average Bonchev–Trinajstić information content (AvgIpc) is 2.87. The second-order valence-corrected chi connectivity index (χ2v) is 10.1. The molecule has 1 aromatic rings. The molecule has 1 aromatic carbocycles. The third-order valence-corrected chi connectivity index (χ3v) is 7.18. The van der Waals surface area contributed by atoms with Gasteiger partial charge >= 0.3 is 0 Å². The molecule has 0 aliphatic carbocycles. The van der Waals surface area contributed by atoms with E-state index in [0.717, 1.165) is 36.7 Å². The highest BCUT2D eigenvalue weighted by molar-refractivity contribution is 5.79. The van der Waals surface area contributed by atoms with Gasteiger partial charge in [0, 0.05) is 32.1 Å². The number of carbonyl (C=O) groups is 1. The molecule has 0 saturated carbocycles. The fraction of sp³-hybridized carbons (Fsp3) is 0.731. The maximum Gasteiger partial charge on any atom is 0.227 e. The van der Waals surface area contributed by atoms with Gasteiger partial charge in [-0.15, -0.1) is 0 Å². The fourth-order valence-corrected chi connectivity index (χ4v) is 4.74. The normalized spacial score (nSPS) is 20.4. The van der Waals surface area contributed by atoms with Gasteiger partial charge in [-0.1, -0.05) is 12.1 Å². The lowest BCUT2D eigenvalue weighted by Crippen LogP contribution is -2.55. The van der Waals surface area contributed by atoms with Gasteiger partial charge in [-0.25, -0.2) is 0 Å². The number of hydrogen-bond donors (Lipinski definition) is 7. The molecule has 2 saturated heterocycles. The van der Waals surface area contributed by atoms with E-state index in [-0.39, 0.29) is 18.4 Å². The molecule has 3 rings (SSSR count). The number of aliphatic hydroxyl groups is 5. The van der Waals surface area contributed by atoms with Crippen LogP contribution in [0, 0.1) is 11.8 Å². The van der Waals surface area contributed by atoms with Crippen molar-refractivity contribution >= 4 is 5.91 Å². The van der Waals surface area contributed by atoms with Gasteiger partial charge in [-0.3, -0.25) is 4.79 Å². The lowest BCUT2D eigenvalue weighted by Gasteiger charge is -2.39. The number of nitrogens with zero attached hydrogens (tertiary/aromatic N) is 1. The van der Waals surface area contributed by atoms with Crippen LogP contribution < -0.4 is 15.4 Å². The summed E-state index contributed by atoms with van der Waals surface area (Å²) in [6.45, 7) is 4.07. The quantitative estimate of drug-likeness (QED) is 0.146. The van der Waals surface area contributed by atoms with Crippen LogP contribution in [0.4, 0.5) is 0 Å². The van der Waals surface area contributed by atoms with Crippen molar-refractivity contribution in [3.8, 4) is 5.75 Å². The molecule has 2 fully saturated rings. The van der Waals surface area contributed by atoms with E-state index in [1.807, 2.05) is 24.3 Å². The standard InChI is InChI=1S/C26H43N3O7/c30-17-23(32)26(35)25(34)22(31)14-28-13-20-15-29(16-20)24(33)12-19-3-5-21(6-4-19)36-11-1-2-18-7-9-27-10-8-18/h3-6,18,20,22-23,25-28,30-32,34-35H,1-2,7-17H2/t22-,23+,25+,26+/m0/s1. The Morgan fingerprint density at radius 3 is 2.36 bits per heavy atom. The van der Waals surface area contributed by atoms with Crippen molar-refractivity contribution < 1.29 is 35.1 Å². The summed E-state index contributed by atoms with van der Waals surface area (Å²) in [5.74, 6) is 1.95. The Balaban J connectivity index is 1.26. The molecule has 2 aliphatic heterocycles.